The van der Waals surface area contributed by atoms with E-state index in [0.717, 1.165) is 12.1 Å². The number of alkyl halides is 3. The fourth-order valence-corrected chi connectivity index (χ4v) is 2.53. The summed E-state index contributed by atoms with van der Waals surface area (Å²) in [6.45, 7) is 1.44. The zero-order chi connectivity index (χ0) is 19.1. The van der Waals surface area contributed by atoms with E-state index < -0.39 is 23.7 Å². The summed E-state index contributed by atoms with van der Waals surface area (Å²) in [5.74, 6) is -2.82. The molecule has 0 atom stereocenters. The summed E-state index contributed by atoms with van der Waals surface area (Å²) in [5.41, 5.74) is -0.123. The van der Waals surface area contributed by atoms with Crippen molar-refractivity contribution in [1.29, 1.82) is 0 Å². The highest BCUT2D eigenvalue weighted by molar-refractivity contribution is 9.10. The van der Waals surface area contributed by atoms with Gasteiger partial charge in [0.1, 0.15) is 27.2 Å². The number of benzene rings is 2. The quantitative estimate of drug-likeness (QED) is 0.498. The van der Waals surface area contributed by atoms with Crippen LogP contribution in [0.1, 0.15) is 5.69 Å². The largest absolute Gasteiger partial charge is 0.573 e. The van der Waals surface area contributed by atoms with Gasteiger partial charge in [0.25, 0.3) is 0 Å². The number of hydrogen-bond donors (Lipinski definition) is 0. The molecule has 0 aliphatic rings. The number of hydrogen-bond acceptors (Lipinski definition) is 4. The molecule has 26 heavy (non-hydrogen) atoms. The third-order valence-electron chi connectivity index (χ3n) is 3.22. The molecule has 0 N–H and O–H groups in total. The van der Waals surface area contributed by atoms with Crippen LogP contribution >= 0.6 is 15.9 Å². The second-order valence-corrected chi connectivity index (χ2v) is 5.85. The van der Waals surface area contributed by atoms with Crippen molar-refractivity contribution in [3.8, 4) is 17.4 Å². The standard InChI is InChI=1S/C16H8BrF5N2O2/c1-7-15(24-9-6-5-8(18)13(19)14(9)23-7)25-10-3-2-4-11(12(10)17)26-16(20,21)22/h2-6H,1H3. The summed E-state index contributed by atoms with van der Waals surface area (Å²) < 4.78 is 73.6. The lowest BCUT2D eigenvalue weighted by Crippen LogP contribution is -2.17. The van der Waals surface area contributed by atoms with Gasteiger partial charge >= 0.3 is 6.36 Å². The highest BCUT2D eigenvalue weighted by Crippen LogP contribution is 2.39. The minimum absolute atomic E-state index is 0.0221. The van der Waals surface area contributed by atoms with Crippen LogP contribution in [-0.2, 0) is 0 Å². The van der Waals surface area contributed by atoms with Gasteiger partial charge in [-0.1, -0.05) is 6.07 Å². The van der Waals surface area contributed by atoms with Crippen LogP contribution in [0.15, 0.2) is 34.8 Å². The summed E-state index contributed by atoms with van der Waals surface area (Å²) in [6, 6.07) is 5.87. The van der Waals surface area contributed by atoms with Gasteiger partial charge in [-0.15, -0.1) is 13.2 Å². The number of ether oxygens (including phenoxy) is 2. The van der Waals surface area contributed by atoms with Crippen molar-refractivity contribution < 1.29 is 31.4 Å². The second kappa shape index (κ2) is 6.67. The third kappa shape index (κ3) is 3.69. The molecule has 0 aliphatic carbocycles. The van der Waals surface area contributed by atoms with Crippen LogP contribution in [0.25, 0.3) is 11.0 Å². The van der Waals surface area contributed by atoms with Crippen molar-refractivity contribution in [1.82, 2.24) is 9.97 Å². The predicted octanol–water partition coefficient (Wildman–Crippen LogP) is 5.67. The van der Waals surface area contributed by atoms with Gasteiger partial charge in [-0.3, -0.25) is 0 Å². The predicted molar refractivity (Wildman–Crippen MR) is 85.1 cm³/mol. The fraction of sp³-hybridized carbons (Fsp3) is 0.125. The molecule has 0 radical (unpaired) electrons. The SMILES string of the molecule is Cc1nc2c(F)c(F)ccc2nc1Oc1cccc(OC(F)(F)F)c1Br. The monoisotopic (exact) mass is 434 g/mol. The third-order valence-corrected chi connectivity index (χ3v) is 4.00. The van der Waals surface area contributed by atoms with Crippen molar-refractivity contribution in [3.05, 3.63) is 52.1 Å². The zero-order valence-electron chi connectivity index (χ0n) is 12.9. The van der Waals surface area contributed by atoms with E-state index in [9.17, 15) is 22.0 Å². The maximum absolute atomic E-state index is 13.8. The molecule has 0 amide bonds. The number of rotatable bonds is 3. The van der Waals surface area contributed by atoms with Crippen LogP contribution in [0.4, 0.5) is 22.0 Å². The minimum Gasteiger partial charge on any atom is -0.436 e. The number of aromatic nitrogens is 2. The van der Waals surface area contributed by atoms with Gasteiger partial charge in [0, 0.05) is 0 Å². The van der Waals surface area contributed by atoms with E-state index in [-0.39, 0.29) is 32.8 Å². The molecule has 1 heterocycles. The molecule has 0 unspecified atom stereocenters. The van der Waals surface area contributed by atoms with Crippen LogP contribution in [-0.4, -0.2) is 16.3 Å². The zero-order valence-corrected chi connectivity index (χ0v) is 14.5. The van der Waals surface area contributed by atoms with Crippen molar-refractivity contribution >= 4 is 27.0 Å². The first kappa shape index (κ1) is 18.3. The number of aryl methyl sites for hydroxylation is 1. The molecule has 0 spiro atoms. The van der Waals surface area contributed by atoms with Crippen LogP contribution < -0.4 is 9.47 Å². The Bertz CT molecular complexity index is 995. The number of nitrogens with zero attached hydrogens (tertiary/aromatic N) is 2. The Kier molecular flexibility index (Phi) is 4.70. The Balaban J connectivity index is 2.00. The number of fused-ring (bicyclic) bond motifs is 1. The summed E-state index contributed by atoms with van der Waals surface area (Å²) in [4.78, 5) is 7.96. The molecule has 3 rings (SSSR count). The molecule has 2 aromatic carbocycles. The van der Waals surface area contributed by atoms with E-state index in [1.54, 1.807) is 0 Å². The fourth-order valence-electron chi connectivity index (χ4n) is 2.11. The van der Waals surface area contributed by atoms with Gasteiger partial charge in [0.05, 0.1) is 5.52 Å². The molecule has 3 aromatic rings. The van der Waals surface area contributed by atoms with Crippen LogP contribution in [0.2, 0.25) is 0 Å². The van der Waals surface area contributed by atoms with Gasteiger partial charge in [0.15, 0.2) is 11.6 Å². The van der Waals surface area contributed by atoms with Gasteiger partial charge in [-0.05, 0) is 47.1 Å². The highest BCUT2D eigenvalue weighted by atomic mass is 79.9. The van der Waals surface area contributed by atoms with Crippen LogP contribution in [0.3, 0.4) is 0 Å². The van der Waals surface area contributed by atoms with Gasteiger partial charge in [-0.25, -0.2) is 18.7 Å². The van der Waals surface area contributed by atoms with Crippen molar-refractivity contribution in [2.45, 2.75) is 13.3 Å². The van der Waals surface area contributed by atoms with E-state index in [2.05, 4.69) is 30.6 Å². The Hall–Kier alpha value is -2.49. The normalized spacial score (nSPS) is 11.7. The average molecular weight is 435 g/mol. The molecule has 1 aromatic heterocycles. The van der Waals surface area contributed by atoms with Crippen LogP contribution in [0.5, 0.6) is 17.4 Å². The van der Waals surface area contributed by atoms with Crippen molar-refractivity contribution in [2.75, 3.05) is 0 Å². The van der Waals surface area contributed by atoms with Gasteiger partial charge in [0.2, 0.25) is 5.88 Å². The van der Waals surface area contributed by atoms with Crippen LogP contribution in [0, 0.1) is 18.6 Å². The maximum Gasteiger partial charge on any atom is 0.573 e. The molecule has 0 saturated carbocycles. The topological polar surface area (TPSA) is 44.2 Å². The smallest absolute Gasteiger partial charge is 0.436 e. The molecule has 0 aliphatic heterocycles. The Morgan fingerprint density at radius 1 is 1.00 bits per heavy atom. The number of halogens is 6. The molecular weight excluding hydrogens is 427 g/mol. The van der Waals surface area contributed by atoms with E-state index in [1.807, 2.05) is 0 Å². The molecular formula is C16H8BrF5N2O2. The average Bonchev–Trinajstić information content (AvgIpc) is 2.55. The lowest BCUT2D eigenvalue weighted by Gasteiger charge is -2.14. The van der Waals surface area contributed by atoms with Crippen molar-refractivity contribution in [2.24, 2.45) is 0 Å². The van der Waals surface area contributed by atoms with E-state index in [4.69, 9.17) is 4.74 Å². The molecule has 0 fully saturated rings. The molecule has 0 bridgehead atoms. The summed E-state index contributed by atoms with van der Waals surface area (Å²) >= 11 is 2.98. The Morgan fingerprint density at radius 3 is 2.38 bits per heavy atom. The molecule has 4 nitrogen and oxygen atoms in total. The molecule has 10 heteroatoms. The Labute approximate surface area is 151 Å². The summed E-state index contributed by atoms with van der Waals surface area (Å²) in [5, 5.41) is 0. The first-order valence-electron chi connectivity index (χ1n) is 7.00. The van der Waals surface area contributed by atoms with Gasteiger partial charge < -0.3 is 9.47 Å². The summed E-state index contributed by atoms with van der Waals surface area (Å²) in [7, 11) is 0. The van der Waals surface area contributed by atoms with E-state index in [1.165, 1.54) is 25.1 Å². The van der Waals surface area contributed by atoms with E-state index in [0.29, 0.717) is 0 Å². The first-order chi connectivity index (χ1) is 12.2. The van der Waals surface area contributed by atoms with Gasteiger partial charge in [-0.2, -0.15) is 0 Å². The lowest BCUT2D eigenvalue weighted by atomic mass is 10.2. The molecule has 136 valence electrons. The van der Waals surface area contributed by atoms with Crippen molar-refractivity contribution in [3.63, 3.8) is 0 Å². The first-order valence-corrected chi connectivity index (χ1v) is 7.79. The molecule has 0 saturated heterocycles. The van der Waals surface area contributed by atoms with E-state index >= 15 is 0 Å². The highest BCUT2D eigenvalue weighted by Gasteiger charge is 2.32. The maximum atomic E-state index is 13.8. The lowest BCUT2D eigenvalue weighted by molar-refractivity contribution is -0.274. The second-order valence-electron chi connectivity index (χ2n) is 5.06. The minimum atomic E-state index is -4.87. The Morgan fingerprint density at radius 2 is 1.69 bits per heavy atom. The summed E-state index contributed by atoms with van der Waals surface area (Å²) in [6.07, 6.45) is -4.87.